The number of nitrogens with zero attached hydrogens (tertiary/aromatic N) is 1. The summed E-state index contributed by atoms with van der Waals surface area (Å²) in [5.74, 6) is -0.172. The molecule has 41 heavy (non-hydrogen) atoms. The van der Waals surface area contributed by atoms with Gasteiger partial charge < -0.3 is 29.2 Å². The van der Waals surface area contributed by atoms with Crippen LogP contribution in [0.5, 0.6) is 0 Å². The van der Waals surface area contributed by atoms with Crippen molar-refractivity contribution in [3.8, 4) is 0 Å². The molecule has 2 bridgehead atoms. The molecule has 1 saturated heterocycles. The SMILES string of the molecule is C=CC(=O)OCC1CCCC(COCC(=O)N2CC3(C)CC(NC(=O)OC(C)COC(=O)C(=C)C)CC2(C)C3)CC1. The van der Waals surface area contributed by atoms with Crippen molar-refractivity contribution in [3.05, 3.63) is 24.8 Å². The second-order valence-electron chi connectivity index (χ2n) is 12.9. The van der Waals surface area contributed by atoms with Gasteiger partial charge in [0, 0.05) is 29.8 Å². The van der Waals surface area contributed by atoms with Gasteiger partial charge >= 0.3 is 18.0 Å². The standard InChI is InChI=1S/C31H48N2O8/c1-7-27(35)39-17-24-10-8-9-23(11-12-24)16-38-18-26(34)33-20-30(5)13-25(14-31(33,6)19-30)32-29(37)41-22(4)15-40-28(36)21(2)3/h7,22-25H,1-2,8-20H2,3-6H3,(H,32,37). The maximum absolute atomic E-state index is 13.3. The summed E-state index contributed by atoms with van der Waals surface area (Å²) in [6.45, 7) is 16.0. The number of esters is 2. The molecule has 1 heterocycles. The van der Waals surface area contributed by atoms with Crippen molar-refractivity contribution < 1.29 is 38.1 Å². The first-order chi connectivity index (χ1) is 19.3. The van der Waals surface area contributed by atoms with Gasteiger partial charge in [0.05, 0.1) is 13.2 Å². The highest BCUT2D eigenvalue weighted by Crippen LogP contribution is 2.51. The fourth-order valence-corrected chi connectivity index (χ4v) is 6.82. The fourth-order valence-electron chi connectivity index (χ4n) is 6.82. The van der Waals surface area contributed by atoms with Crippen LogP contribution < -0.4 is 5.32 Å². The van der Waals surface area contributed by atoms with Crippen molar-refractivity contribution in [3.63, 3.8) is 0 Å². The van der Waals surface area contributed by atoms with Gasteiger partial charge in [-0.25, -0.2) is 14.4 Å². The van der Waals surface area contributed by atoms with Crippen LogP contribution in [0.3, 0.4) is 0 Å². The lowest BCUT2D eigenvalue weighted by Crippen LogP contribution is -2.52. The molecular formula is C31H48N2O8. The minimum absolute atomic E-state index is 0.0183. The highest BCUT2D eigenvalue weighted by atomic mass is 16.6. The van der Waals surface area contributed by atoms with Gasteiger partial charge in [-0.05, 0) is 83.0 Å². The summed E-state index contributed by atoms with van der Waals surface area (Å²) < 4.78 is 21.6. The molecule has 0 aromatic rings. The van der Waals surface area contributed by atoms with Crippen LogP contribution in [0.2, 0.25) is 0 Å². The topological polar surface area (TPSA) is 120 Å². The largest absolute Gasteiger partial charge is 0.462 e. The molecule has 1 N–H and O–H groups in total. The number of nitrogens with one attached hydrogen (secondary N) is 1. The molecule has 6 unspecified atom stereocenters. The Morgan fingerprint density at radius 2 is 1.73 bits per heavy atom. The average molecular weight is 577 g/mol. The van der Waals surface area contributed by atoms with Crippen molar-refractivity contribution in [2.24, 2.45) is 17.3 Å². The Hall–Kier alpha value is -2.88. The van der Waals surface area contributed by atoms with Crippen LogP contribution in [0.4, 0.5) is 4.79 Å². The molecule has 3 rings (SSSR count). The number of carbonyl (C=O) groups excluding carboxylic acids is 4. The summed E-state index contributed by atoms with van der Waals surface area (Å²) in [7, 11) is 0. The number of ether oxygens (including phenoxy) is 4. The minimum atomic E-state index is -0.603. The van der Waals surface area contributed by atoms with Gasteiger partial charge in [0.1, 0.15) is 19.3 Å². The Labute approximate surface area is 244 Å². The number of rotatable bonds is 12. The van der Waals surface area contributed by atoms with E-state index in [4.69, 9.17) is 18.9 Å². The van der Waals surface area contributed by atoms with Crippen molar-refractivity contribution in [2.75, 3.05) is 33.0 Å². The average Bonchev–Trinajstić information content (AvgIpc) is 3.02. The van der Waals surface area contributed by atoms with Crippen molar-refractivity contribution in [1.82, 2.24) is 10.2 Å². The quantitative estimate of drug-likeness (QED) is 0.158. The van der Waals surface area contributed by atoms with Gasteiger partial charge in [-0.3, -0.25) is 4.79 Å². The lowest BCUT2D eigenvalue weighted by Gasteiger charge is -2.41. The van der Waals surface area contributed by atoms with Crippen molar-refractivity contribution in [2.45, 2.75) is 96.7 Å². The molecule has 10 nitrogen and oxygen atoms in total. The molecule has 230 valence electrons. The first-order valence-corrected chi connectivity index (χ1v) is 14.8. The molecule has 2 aliphatic carbocycles. The van der Waals surface area contributed by atoms with E-state index in [1.807, 2.05) is 4.90 Å². The van der Waals surface area contributed by atoms with Gasteiger partial charge in [-0.1, -0.05) is 26.5 Å². The fraction of sp³-hybridized carbons (Fsp3) is 0.742. The third-order valence-corrected chi connectivity index (χ3v) is 8.57. The second kappa shape index (κ2) is 14.3. The first-order valence-electron chi connectivity index (χ1n) is 14.8. The van der Waals surface area contributed by atoms with Gasteiger partial charge in [0.25, 0.3) is 0 Å². The summed E-state index contributed by atoms with van der Waals surface area (Å²) in [6, 6.07) is -0.139. The highest BCUT2D eigenvalue weighted by Gasteiger charge is 2.55. The van der Waals surface area contributed by atoms with E-state index in [-0.39, 0.29) is 47.7 Å². The number of hydrogen-bond donors (Lipinski definition) is 1. The molecular weight excluding hydrogens is 528 g/mol. The molecule has 10 heteroatoms. The summed E-state index contributed by atoms with van der Waals surface area (Å²) in [5, 5.41) is 2.96. The zero-order valence-electron chi connectivity index (χ0n) is 25.2. The van der Waals surface area contributed by atoms with E-state index in [2.05, 4.69) is 32.3 Å². The van der Waals surface area contributed by atoms with Gasteiger partial charge in [0.15, 0.2) is 0 Å². The van der Waals surface area contributed by atoms with Gasteiger partial charge in [-0.2, -0.15) is 0 Å². The van der Waals surface area contributed by atoms with Crippen LogP contribution in [0.25, 0.3) is 0 Å². The van der Waals surface area contributed by atoms with Gasteiger partial charge in [-0.15, -0.1) is 0 Å². The van der Waals surface area contributed by atoms with Crippen LogP contribution in [0.1, 0.15) is 79.1 Å². The summed E-state index contributed by atoms with van der Waals surface area (Å²) in [6.07, 6.45) is 7.35. The third-order valence-electron chi connectivity index (χ3n) is 8.57. The smallest absolute Gasteiger partial charge is 0.407 e. The summed E-state index contributed by atoms with van der Waals surface area (Å²) in [4.78, 5) is 50.7. The third kappa shape index (κ3) is 9.58. The number of amides is 2. The van der Waals surface area contributed by atoms with Crippen LogP contribution in [-0.4, -0.2) is 79.5 Å². The number of fused-ring (bicyclic) bond motifs is 2. The molecule has 0 spiro atoms. The molecule has 3 aliphatic rings. The van der Waals surface area contributed by atoms with Crippen molar-refractivity contribution in [1.29, 1.82) is 0 Å². The van der Waals surface area contributed by atoms with E-state index in [0.717, 1.165) is 44.9 Å². The van der Waals surface area contributed by atoms with E-state index < -0.39 is 18.2 Å². The molecule has 2 amide bonds. The second-order valence-corrected chi connectivity index (χ2v) is 12.9. The van der Waals surface area contributed by atoms with Crippen LogP contribution >= 0.6 is 0 Å². The van der Waals surface area contributed by atoms with E-state index >= 15 is 0 Å². The zero-order chi connectivity index (χ0) is 30.2. The molecule has 0 aromatic carbocycles. The van der Waals surface area contributed by atoms with E-state index in [9.17, 15) is 19.2 Å². The van der Waals surface area contributed by atoms with Crippen LogP contribution in [-0.2, 0) is 33.3 Å². The predicted octanol–water partition coefficient (Wildman–Crippen LogP) is 4.32. The molecule has 0 aromatic heterocycles. The number of alkyl carbamates (subject to hydrolysis) is 1. The molecule has 0 radical (unpaired) electrons. The Morgan fingerprint density at radius 3 is 2.39 bits per heavy atom. The molecule has 2 saturated carbocycles. The monoisotopic (exact) mass is 576 g/mol. The maximum Gasteiger partial charge on any atom is 0.407 e. The molecule has 3 fully saturated rings. The predicted molar refractivity (Wildman–Crippen MR) is 153 cm³/mol. The Balaban J connectivity index is 1.43. The lowest BCUT2D eigenvalue weighted by atomic mass is 9.70. The molecule has 6 atom stereocenters. The Morgan fingerprint density at radius 1 is 1.05 bits per heavy atom. The normalized spacial score (nSPS) is 30.0. The number of hydrogen-bond acceptors (Lipinski definition) is 8. The van der Waals surface area contributed by atoms with E-state index in [1.165, 1.54) is 6.08 Å². The molecule has 1 aliphatic heterocycles. The highest BCUT2D eigenvalue weighted by molar-refractivity contribution is 5.87. The van der Waals surface area contributed by atoms with E-state index in [0.29, 0.717) is 38.0 Å². The van der Waals surface area contributed by atoms with Crippen molar-refractivity contribution >= 4 is 23.9 Å². The van der Waals surface area contributed by atoms with Crippen LogP contribution in [0, 0.1) is 17.3 Å². The zero-order valence-corrected chi connectivity index (χ0v) is 25.2. The first kappa shape index (κ1) is 32.6. The Kier molecular flexibility index (Phi) is 11.4. The summed E-state index contributed by atoms with van der Waals surface area (Å²) in [5.41, 5.74) is -0.213. The lowest BCUT2D eigenvalue weighted by molar-refractivity contribution is -0.142. The maximum atomic E-state index is 13.3. The number of likely N-dealkylation sites (tertiary alicyclic amines) is 1. The van der Waals surface area contributed by atoms with E-state index in [1.54, 1.807) is 13.8 Å². The minimum Gasteiger partial charge on any atom is -0.462 e. The Bertz CT molecular complexity index is 999. The van der Waals surface area contributed by atoms with Gasteiger partial charge in [0.2, 0.25) is 5.91 Å². The van der Waals surface area contributed by atoms with Crippen LogP contribution in [0.15, 0.2) is 24.8 Å². The number of carbonyl (C=O) groups is 4. The summed E-state index contributed by atoms with van der Waals surface area (Å²) >= 11 is 0.